The maximum atomic E-state index is 12.5. The summed E-state index contributed by atoms with van der Waals surface area (Å²) < 4.78 is 1.63. The molecule has 0 aliphatic carbocycles. The van der Waals surface area contributed by atoms with Crippen LogP contribution in [0.2, 0.25) is 0 Å². The molecule has 5 rings (SSSR count). The molecule has 1 aliphatic heterocycles. The van der Waals surface area contributed by atoms with E-state index in [4.69, 9.17) is 0 Å². The number of hydrogen-bond acceptors (Lipinski definition) is 4. The Morgan fingerprint density at radius 1 is 1.12 bits per heavy atom. The van der Waals surface area contributed by atoms with E-state index in [2.05, 4.69) is 33.4 Å². The number of benzene rings is 2. The summed E-state index contributed by atoms with van der Waals surface area (Å²) in [6, 6.07) is 18.1. The fourth-order valence-electron chi connectivity index (χ4n) is 4.50. The molecule has 0 bridgehead atoms. The van der Waals surface area contributed by atoms with Crippen molar-refractivity contribution in [3.05, 3.63) is 77.1 Å². The zero-order chi connectivity index (χ0) is 22.9. The second kappa shape index (κ2) is 8.54. The molecule has 4 aromatic rings. The van der Waals surface area contributed by atoms with Crippen LogP contribution in [0, 0.1) is 5.92 Å². The van der Waals surface area contributed by atoms with Crippen LogP contribution in [0.15, 0.2) is 65.6 Å². The predicted molar refractivity (Wildman–Crippen MR) is 127 cm³/mol. The molecule has 33 heavy (non-hydrogen) atoms. The van der Waals surface area contributed by atoms with Gasteiger partial charge in [0.1, 0.15) is 5.82 Å². The number of aromatic amines is 1. The molecule has 1 fully saturated rings. The summed E-state index contributed by atoms with van der Waals surface area (Å²) in [5.41, 5.74) is 3.59. The van der Waals surface area contributed by atoms with E-state index in [0.29, 0.717) is 18.8 Å². The molecular weight excluding hydrogens is 416 g/mol. The van der Waals surface area contributed by atoms with Crippen molar-refractivity contribution in [3.63, 3.8) is 0 Å². The number of likely N-dealkylation sites (tertiary alicyclic amines) is 1. The molecule has 0 spiro atoms. The lowest BCUT2D eigenvalue weighted by atomic mass is 10.0. The summed E-state index contributed by atoms with van der Waals surface area (Å²) in [7, 11) is 3.53. The first-order valence-corrected chi connectivity index (χ1v) is 11.1. The monoisotopic (exact) mass is 442 g/mol. The number of nitrogens with zero attached hydrogens (tertiary/aromatic N) is 5. The van der Waals surface area contributed by atoms with E-state index in [1.165, 1.54) is 0 Å². The molecule has 0 radical (unpaired) electrons. The number of hydrogen-bond donors (Lipinski definition) is 1. The molecule has 1 aliphatic rings. The minimum absolute atomic E-state index is 0.0244. The molecule has 0 saturated carbocycles. The molecule has 1 saturated heterocycles. The maximum Gasteiger partial charge on any atom is 0.347 e. The van der Waals surface area contributed by atoms with Gasteiger partial charge in [-0.1, -0.05) is 30.3 Å². The van der Waals surface area contributed by atoms with E-state index >= 15 is 0 Å². The fraction of sp³-hybridized carbons (Fsp3) is 0.280. The Morgan fingerprint density at radius 2 is 1.91 bits per heavy atom. The van der Waals surface area contributed by atoms with E-state index < -0.39 is 0 Å². The number of urea groups is 1. The highest BCUT2D eigenvalue weighted by atomic mass is 16.2. The van der Waals surface area contributed by atoms with Crippen molar-refractivity contribution in [2.75, 3.05) is 27.2 Å². The lowest BCUT2D eigenvalue weighted by Gasteiger charge is -2.21. The van der Waals surface area contributed by atoms with Gasteiger partial charge in [-0.3, -0.25) is 4.98 Å². The summed E-state index contributed by atoms with van der Waals surface area (Å²) in [6.07, 6.45) is 3.33. The summed E-state index contributed by atoms with van der Waals surface area (Å²) >= 11 is 0. The number of H-pyrrole nitrogens is 1. The number of pyridine rings is 1. The van der Waals surface area contributed by atoms with Gasteiger partial charge in [-0.15, -0.1) is 0 Å². The van der Waals surface area contributed by atoms with Crippen LogP contribution in [0.3, 0.4) is 0 Å². The van der Waals surface area contributed by atoms with Gasteiger partial charge in [-0.05, 0) is 47.7 Å². The molecule has 1 N–H and O–H groups in total. The second-order valence-electron chi connectivity index (χ2n) is 8.72. The van der Waals surface area contributed by atoms with E-state index in [1.54, 1.807) is 29.8 Å². The van der Waals surface area contributed by atoms with Crippen LogP contribution in [0.1, 0.15) is 12.2 Å². The van der Waals surface area contributed by atoms with E-state index in [0.717, 1.165) is 40.7 Å². The van der Waals surface area contributed by atoms with Gasteiger partial charge in [0.15, 0.2) is 0 Å². The molecule has 168 valence electrons. The van der Waals surface area contributed by atoms with Gasteiger partial charge in [0.25, 0.3) is 0 Å². The number of fused-ring (bicyclic) bond motifs is 1. The van der Waals surface area contributed by atoms with E-state index in [9.17, 15) is 9.59 Å². The third-order valence-corrected chi connectivity index (χ3v) is 6.22. The summed E-state index contributed by atoms with van der Waals surface area (Å²) in [5.74, 6) is 0.957. The minimum atomic E-state index is -0.258. The molecule has 8 heteroatoms. The van der Waals surface area contributed by atoms with Crippen molar-refractivity contribution < 1.29 is 4.79 Å². The van der Waals surface area contributed by atoms with Crippen LogP contribution in [-0.2, 0) is 6.42 Å². The first-order valence-electron chi connectivity index (χ1n) is 11.1. The Balaban J connectivity index is 1.36. The average molecular weight is 443 g/mol. The highest BCUT2D eigenvalue weighted by molar-refractivity contribution is 5.84. The van der Waals surface area contributed by atoms with Gasteiger partial charge < -0.3 is 9.80 Å². The minimum Gasteiger partial charge on any atom is -0.331 e. The van der Waals surface area contributed by atoms with Crippen LogP contribution >= 0.6 is 0 Å². The first kappa shape index (κ1) is 20.9. The smallest absolute Gasteiger partial charge is 0.331 e. The zero-order valence-corrected chi connectivity index (χ0v) is 18.7. The van der Waals surface area contributed by atoms with Crippen molar-refractivity contribution in [1.82, 2.24) is 29.5 Å². The standard InChI is InChI=1S/C25H26N6O2/c1-29(2)25(33)30-13-11-17(16-30)14-23-27-28-24(32)31(23)21-9-7-18(8-10-21)20-6-5-19-4-3-12-26-22(19)15-20/h3-10,12,15,17H,11,13-14,16H2,1-2H3,(H,28,32)/t17-/m0/s1. The number of carbonyl (C=O) groups is 1. The highest BCUT2D eigenvalue weighted by Gasteiger charge is 2.28. The molecule has 0 unspecified atom stereocenters. The van der Waals surface area contributed by atoms with Crippen molar-refractivity contribution in [2.24, 2.45) is 5.92 Å². The quantitative estimate of drug-likeness (QED) is 0.525. The van der Waals surface area contributed by atoms with Gasteiger partial charge in [-0.2, -0.15) is 5.10 Å². The summed E-state index contributed by atoms with van der Waals surface area (Å²) in [6.45, 7) is 1.40. The third kappa shape index (κ3) is 4.11. The van der Waals surface area contributed by atoms with Crippen LogP contribution in [0.4, 0.5) is 4.79 Å². The topological polar surface area (TPSA) is 87.1 Å². The molecular formula is C25H26N6O2. The Bertz CT molecular complexity index is 1360. The van der Waals surface area contributed by atoms with Crippen LogP contribution in [0.25, 0.3) is 27.7 Å². The number of aromatic nitrogens is 4. The first-order chi connectivity index (χ1) is 16.0. The Kier molecular flexibility index (Phi) is 5.42. The molecule has 3 heterocycles. The normalized spacial score (nSPS) is 15.8. The second-order valence-corrected chi connectivity index (χ2v) is 8.72. The number of rotatable bonds is 4. The molecule has 1 atom stereocenters. The van der Waals surface area contributed by atoms with Crippen molar-refractivity contribution in [3.8, 4) is 16.8 Å². The Labute approximate surface area is 191 Å². The van der Waals surface area contributed by atoms with Crippen LogP contribution < -0.4 is 5.69 Å². The van der Waals surface area contributed by atoms with Crippen molar-refractivity contribution in [1.29, 1.82) is 0 Å². The molecule has 2 aromatic carbocycles. The molecule has 8 nitrogen and oxygen atoms in total. The zero-order valence-electron chi connectivity index (χ0n) is 18.7. The predicted octanol–water partition coefficient (Wildman–Crippen LogP) is 3.32. The lowest BCUT2D eigenvalue weighted by Crippen LogP contribution is -2.37. The Hall–Kier alpha value is -3.94. The molecule has 2 aromatic heterocycles. The van der Waals surface area contributed by atoms with Crippen LogP contribution in [0.5, 0.6) is 0 Å². The highest BCUT2D eigenvalue weighted by Crippen LogP contribution is 2.25. The van der Waals surface area contributed by atoms with E-state index in [1.807, 2.05) is 41.3 Å². The van der Waals surface area contributed by atoms with Crippen LogP contribution in [-0.4, -0.2) is 62.8 Å². The van der Waals surface area contributed by atoms with Gasteiger partial charge in [0, 0.05) is 45.2 Å². The SMILES string of the molecule is CN(C)C(=O)N1CC[C@@H](Cc2n[nH]c(=O)n2-c2ccc(-c3ccc4cccnc4c3)cc2)C1. The van der Waals surface area contributed by atoms with Crippen molar-refractivity contribution >= 4 is 16.9 Å². The Morgan fingerprint density at radius 3 is 2.70 bits per heavy atom. The summed E-state index contributed by atoms with van der Waals surface area (Å²) in [5, 5.41) is 7.97. The average Bonchev–Trinajstić information content (AvgIpc) is 3.45. The fourth-order valence-corrected chi connectivity index (χ4v) is 4.50. The van der Waals surface area contributed by atoms with Crippen molar-refractivity contribution in [2.45, 2.75) is 12.8 Å². The largest absolute Gasteiger partial charge is 0.347 e. The van der Waals surface area contributed by atoms with Gasteiger partial charge in [0.2, 0.25) is 0 Å². The van der Waals surface area contributed by atoms with Gasteiger partial charge >= 0.3 is 11.7 Å². The number of amides is 2. The number of nitrogens with one attached hydrogen (secondary N) is 1. The lowest BCUT2D eigenvalue weighted by molar-refractivity contribution is 0.180. The number of carbonyl (C=O) groups excluding carboxylic acids is 1. The summed E-state index contributed by atoms with van der Waals surface area (Å²) in [4.78, 5) is 32.7. The van der Waals surface area contributed by atoms with E-state index in [-0.39, 0.29) is 17.6 Å². The third-order valence-electron chi connectivity index (χ3n) is 6.22. The van der Waals surface area contributed by atoms with Gasteiger partial charge in [-0.25, -0.2) is 19.3 Å². The van der Waals surface area contributed by atoms with Gasteiger partial charge in [0.05, 0.1) is 11.2 Å². The molecule has 2 amide bonds. The maximum absolute atomic E-state index is 12.5.